The van der Waals surface area contributed by atoms with E-state index in [0.29, 0.717) is 17.9 Å². The predicted octanol–water partition coefficient (Wildman–Crippen LogP) is 1.85. The fraction of sp³-hybridized carbons (Fsp3) is 0.625. The lowest BCUT2D eigenvalue weighted by atomic mass is 9.98. The molecule has 0 saturated carbocycles. The van der Waals surface area contributed by atoms with Crippen LogP contribution in [0, 0.1) is 5.41 Å². The maximum Gasteiger partial charge on any atom is 0.328 e. The third-order valence-electron chi connectivity index (χ3n) is 3.23. The Bertz CT molecular complexity index is 626. The van der Waals surface area contributed by atoms with E-state index in [1.54, 1.807) is 32.5 Å². The lowest BCUT2D eigenvalue weighted by molar-refractivity contribution is -0.157. The molecule has 0 fully saturated rings. The van der Waals surface area contributed by atoms with E-state index in [9.17, 15) is 14.4 Å². The van der Waals surface area contributed by atoms with Gasteiger partial charge in [0.05, 0.1) is 30.6 Å². The van der Waals surface area contributed by atoms with Crippen molar-refractivity contribution in [3.8, 4) is 0 Å². The van der Waals surface area contributed by atoms with Gasteiger partial charge in [0.25, 0.3) is 0 Å². The molecule has 0 saturated heterocycles. The zero-order chi connectivity index (χ0) is 19.7. The Labute approximate surface area is 157 Å². The summed E-state index contributed by atoms with van der Waals surface area (Å²) in [6.07, 6.45) is 5.31. The molecule has 1 aromatic heterocycles. The maximum atomic E-state index is 12.1. The molecule has 0 aliphatic carbocycles. The number of nitrogens with zero attached hydrogens (tertiary/aromatic N) is 2. The van der Waals surface area contributed by atoms with Gasteiger partial charge in [-0.2, -0.15) is 16.9 Å². The molecule has 0 aromatic carbocycles. The van der Waals surface area contributed by atoms with Crippen molar-refractivity contribution in [2.75, 3.05) is 24.4 Å². The second-order valence-electron chi connectivity index (χ2n) is 6.54. The van der Waals surface area contributed by atoms with Crippen LogP contribution in [-0.4, -0.2) is 52.9 Å². The number of esters is 2. The van der Waals surface area contributed by atoms with Crippen LogP contribution in [0.15, 0.2) is 12.4 Å². The van der Waals surface area contributed by atoms with Gasteiger partial charge in [0.1, 0.15) is 6.04 Å². The Morgan fingerprint density at radius 1 is 1.35 bits per heavy atom. The van der Waals surface area contributed by atoms with Gasteiger partial charge in [0.2, 0.25) is 0 Å². The summed E-state index contributed by atoms with van der Waals surface area (Å²) in [5.41, 5.74) is -0.198. The highest BCUT2D eigenvalue weighted by atomic mass is 32.2. The average Bonchev–Trinajstić information content (AvgIpc) is 3.01. The van der Waals surface area contributed by atoms with Crippen molar-refractivity contribution in [1.29, 1.82) is 0 Å². The number of urea groups is 1. The van der Waals surface area contributed by atoms with Crippen molar-refractivity contribution in [2.24, 2.45) is 5.41 Å². The van der Waals surface area contributed by atoms with Crippen molar-refractivity contribution >= 4 is 35.4 Å². The Balaban J connectivity index is 2.55. The first-order valence-electron chi connectivity index (χ1n) is 8.01. The first-order chi connectivity index (χ1) is 12.2. The molecule has 26 heavy (non-hydrogen) atoms. The SMILES string of the molecule is COC(=O)C(CCSC)NC(=O)Nc1cnn(COC(=O)C(C)(C)C)c1. The van der Waals surface area contributed by atoms with Gasteiger partial charge in [-0.25, -0.2) is 14.3 Å². The monoisotopic (exact) mass is 386 g/mol. The van der Waals surface area contributed by atoms with Gasteiger partial charge in [0.15, 0.2) is 6.73 Å². The van der Waals surface area contributed by atoms with Gasteiger partial charge >= 0.3 is 18.0 Å². The van der Waals surface area contributed by atoms with Crippen LogP contribution in [0.25, 0.3) is 0 Å². The average molecular weight is 386 g/mol. The number of ether oxygens (including phenoxy) is 2. The molecule has 0 radical (unpaired) electrons. The molecule has 1 unspecified atom stereocenters. The van der Waals surface area contributed by atoms with Gasteiger partial charge in [-0.3, -0.25) is 4.79 Å². The number of thioether (sulfide) groups is 1. The highest BCUT2D eigenvalue weighted by molar-refractivity contribution is 7.98. The molecule has 146 valence electrons. The van der Waals surface area contributed by atoms with Crippen LogP contribution < -0.4 is 10.6 Å². The topological polar surface area (TPSA) is 112 Å². The summed E-state index contributed by atoms with van der Waals surface area (Å²) in [7, 11) is 1.27. The number of carbonyl (C=O) groups excluding carboxylic acids is 3. The van der Waals surface area contributed by atoms with Crippen LogP contribution in [-0.2, 0) is 25.8 Å². The van der Waals surface area contributed by atoms with Crippen molar-refractivity contribution < 1.29 is 23.9 Å². The summed E-state index contributed by atoms with van der Waals surface area (Å²) in [5.74, 6) is -0.147. The van der Waals surface area contributed by atoms with Gasteiger partial charge in [-0.05, 0) is 39.2 Å². The number of aromatic nitrogens is 2. The Kier molecular flexibility index (Phi) is 8.43. The summed E-state index contributed by atoms with van der Waals surface area (Å²) < 4.78 is 11.2. The number of nitrogens with one attached hydrogen (secondary N) is 2. The smallest absolute Gasteiger partial charge is 0.328 e. The predicted molar refractivity (Wildman–Crippen MR) is 98.7 cm³/mol. The Hall–Kier alpha value is -2.23. The third kappa shape index (κ3) is 7.34. The normalized spacial score (nSPS) is 12.2. The van der Waals surface area contributed by atoms with Crippen LogP contribution in [0.5, 0.6) is 0 Å². The van der Waals surface area contributed by atoms with Crippen LogP contribution in [0.3, 0.4) is 0 Å². The van der Waals surface area contributed by atoms with Crippen LogP contribution in [0.2, 0.25) is 0 Å². The fourth-order valence-electron chi connectivity index (χ4n) is 1.79. The standard InChI is InChI=1S/C16H26N4O5S/c1-16(2,3)14(22)25-10-20-9-11(8-17-20)18-15(23)19-12(6-7-26-5)13(21)24-4/h8-9,12H,6-7,10H2,1-5H3,(H2,18,19,23). The molecule has 2 N–H and O–H groups in total. The minimum Gasteiger partial charge on any atom is -0.467 e. The van der Waals surface area contributed by atoms with E-state index >= 15 is 0 Å². The molecule has 0 aliphatic heterocycles. The Morgan fingerprint density at radius 3 is 2.62 bits per heavy atom. The number of rotatable bonds is 8. The summed E-state index contributed by atoms with van der Waals surface area (Å²) >= 11 is 1.57. The van der Waals surface area contributed by atoms with Crippen LogP contribution >= 0.6 is 11.8 Å². The second kappa shape index (κ2) is 10.0. The molecule has 10 heteroatoms. The molecular formula is C16H26N4O5S. The number of anilines is 1. The highest BCUT2D eigenvalue weighted by Gasteiger charge is 2.23. The first-order valence-corrected chi connectivity index (χ1v) is 9.40. The summed E-state index contributed by atoms with van der Waals surface area (Å²) in [4.78, 5) is 35.5. The van der Waals surface area contributed by atoms with Crippen LogP contribution in [0.1, 0.15) is 27.2 Å². The zero-order valence-corrected chi connectivity index (χ0v) is 16.5. The van der Waals surface area contributed by atoms with Crippen molar-refractivity contribution in [3.05, 3.63) is 12.4 Å². The third-order valence-corrected chi connectivity index (χ3v) is 3.88. The molecular weight excluding hydrogens is 360 g/mol. The van der Waals surface area contributed by atoms with E-state index in [1.807, 2.05) is 6.26 Å². The van der Waals surface area contributed by atoms with E-state index in [2.05, 4.69) is 15.7 Å². The molecule has 0 spiro atoms. The maximum absolute atomic E-state index is 12.1. The second-order valence-corrected chi connectivity index (χ2v) is 7.52. The molecule has 0 bridgehead atoms. The van der Waals surface area contributed by atoms with Crippen molar-refractivity contribution in [2.45, 2.75) is 40.0 Å². The number of carbonyl (C=O) groups is 3. The molecule has 2 amide bonds. The summed E-state index contributed by atoms with van der Waals surface area (Å²) in [6, 6.07) is -1.28. The molecule has 1 heterocycles. The molecule has 1 aromatic rings. The molecule has 0 aliphatic rings. The molecule has 9 nitrogen and oxygen atoms in total. The quantitative estimate of drug-likeness (QED) is 0.656. The molecule has 1 atom stereocenters. The number of hydrogen-bond acceptors (Lipinski definition) is 7. The minimum absolute atomic E-state index is 0.0576. The van der Waals surface area contributed by atoms with E-state index in [4.69, 9.17) is 9.47 Å². The van der Waals surface area contributed by atoms with Gasteiger partial charge in [0, 0.05) is 0 Å². The zero-order valence-electron chi connectivity index (χ0n) is 15.7. The van der Waals surface area contributed by atoms with Gasteiger partial charge < -0.3 is 20.1 Å². The number of methoxy groups -OCH3 is 1. The van der Waals surface area contributed by atoms with Gasteiger partial charge in [-0.1, -0.05) is 0 Å². The minimum atomic E-state index is -0.727. The summed E-state index contributed by atoms with van der Waals surface area (Å²) in [5, 5.41) is 9.15. The van der Waals surface area contributed by atoms with E-state index < -0.39 is 23.5 Å². The fourth-order valence-corrected chi connectivity index (χ4v) is 2.26. The van der Waals surface area contributed by atoms with Crippen molar-refractivity contribution in [3.63, 3.8) is 0 Å². The Morgan fingerprint density at radius 2 is 2.04 bits per heavy atom. The highest BCUT2D eigenvalue weighted by Crippen LogP contribution is 2.15. The van der Waals surface area contributed by atoms with Crippen LogP contribution in [0.4, 0.5) is 10.5 Å². The van der Waals surface area contributed by atoms with Gasteiger partial charge in [-0.15, -0.1) is 0 Å². The van der Waals surface area contributed by atoms with E-state index in [1.165, 1.54) is 24.2 Å². The number of amides is 2. The molecule has 1 rings (SSSR count). The summed E-state index contributed by atoms with van der Waals surface area (Å²) in [6.45, 7) is 5.21. The number of hydrogen-bond donors (Lipinski definition) is 2. The largest absolute Gasteiger partial charge is 0.467 e. The first kappa shape index (κ1) is 21.8. The lowest BCUT2D eigenvalue weighted by Crippen LogP contribution is -2.43. The van der Waals surface area contributed by atoms with E-state index in [-0.39, 0.29) is 12.7 Å². The van der Waals surface area contributed by atoms with E-state index in [0.717, 1.165) is 0 Å². The lowest BCUT2D eigenvalue weighted by Gasteiger charge is -2.16. The van der Waals surface area contributed by atoms with Crippen molar-refractivity contribution in [1.82, 2.24) is 15.1 Å².